The van der Waals surface area contributed by atoms with Gasteiger partial charge in [0.1, 0.15) is 0 Å². The van der Waals surface area contributed by atoms with Gasteiger partial charge in [0.2, 0.25) is 5.91 Å². The molecule has 4 rings (SSSR count). The average molecular weight is 389 g/mol. The van der Waals surface area contributed by atoms with Crippen molar-refractivity contribution in [2.45, 2.75) is 16.6 Å². The summed E-state index contributed by atoms with van der Waals surface area (Å²) in [5.74, 6) is -0.0104. The topological polar surface area (TPSA) is 70.2 Å². The lowest BCUT2D eigenvalue weighted by atomic mass is 10.1. The number of amides is 3. The minimum absolute atomic E-state index is 0.0104. The van der Waals surface area contributed by atoms with Crippen molar-refractivity contribution in [1.82, 2.24) is 0 Å². The predicted molar refractivity (Wildman–Crippen MR) is 114 cm³/mol. The number of urea groups is 1. The van der Waals surface area contributed by atoms with Crippen molar-refractivity contribution in [3.8, 4) is 0 Å². The fourth-order valence-electron chi connectivity index (χ4n) is 3.00. The van der Waals surface area contributed by atoms with E-state index in [9.17, 15) is 9.59 Å². The van der Waals surface area contributed by atoms with Crippen molar-refractivity contribution in [3.05, 3.63) is 84.4 Å². The van der Waals surface area contributed by atoms with Crippen LogP contribution in [0.3, 0.4) is 0 Å². The Balaban J connectivity index is 1.31. The second kappa shape index (κ2) is 8.19. The molecule has 0 spiro atoms. The molecule has 0 bridgehead atoms. The summed E-state index contributed by atoms with van der Waals surface area (Å²) in [5, 5.41) is 8.36. The first-order valence-corrected chi connectivity index (χ1v) is 9.84. The molecule has 0 saturated heterocycles. The van der Waals surface area contributed by atoms with E-state index in [4.69, 9.17) is 0 Å². The molecule has 3 aromatic carbocycles. The zero-order valence-corrected chi connectivity index (χ0v) is 15.8. The number of benzene rings is 3. The van der Waals surface area contributed by atoms with E-state index in [1.807, 2.05) is 48.5 Å². The van der Waals surface area contributed by atoms with Gasteiger partial charge in [0, 0.05) is 22.0 Å². The number of fused-ring (bicyclic) bond motifs is 1. The highest BCUT2D eigenvalue weighted by Gasteiger charge is 2.27. The summed E-state index contributed by atoms with van der Waals surface area (Å²) >= 11 is 1.60. The van der Waals surface area contributed by atoms with Crippen molar-refractivity contribution >= 4 is 40.8 Å². The van der Waals surface area contributed by atoms with Crippen LogP contribution in [-0.4, -0.2) is 17.2 Å². The lowest BCUT2D eigenvalue weighted by molar-refractivity contribution is -0.115. The summed E-state index contributed by atoms with van der Waals surface area (Å²) in [7, 11) is 0. The van der Waals surface area contributed by atoms with Crippen LogP contribution in [0, 0.1) is 0 Å². The van der Waals surface area contributed by atoms with Crippen LogP contribution in [0.15, 0.2) is 83.8 Å². The molecule has 1 aliphatic heterocycles. The van der Waals surface area contributed by atoms with Crippen molar-refractivity contribution < 1.29 is 9.59 Å². The third kappa shape index (κ3) is 4.35. The highest BCUT2D eigenvalue weighted by molar-refractivity contribution is 8.01. The highest BCUT2D eigenvalue weighted by atomic mass is 32.2. The number of carbonyl (C=O) groups excluding carboxylic acids is 2. The molecule has 0 aromatic heterocycles. The first-order valence-electron chi connectivity index (χ1n) is 8.96. The van der Waals surface area contributed by atoms with Crippen LogP contribution in [0.5, 0.6) is 0 Å². The quantitative estimate of drug-likeness (QED) is 0.589. The van der Waals surface area contributed by atoms with Crippen molar-refractivity contribution in [1.29, 1.82) is 0 Å². The van der Waals surface area contributed by atoms with Gasteiger partial charge in [0.25, 0.3) is 0 Å². The minimum Gasteiger partial charge on any atom is -0.325 e. The molecule has 0 fully saturated rings. The van der Waals surface area contributed by atoms with E-state index < -0.39 is 0 Å². The summed E-state index contributed by atoms with van der Waals surface area (Å²) in [6, 6.07) is 24.1. The van der Waals surface area contributed by atoms with Gasteiger partial charge in [-0.3, -0.25) is 4.79 Å². The molecule has 0 radical (unpaired) electrons. The Labute approximate surface area is 167 Å². The van der Waals surface area contributed by atoms with E-state index in [1.165, 1.54) is 10.5 Å². The SMILES string of the molecule is O=C(Nc1ccccc1)Nc1ccc(NC(=O)C2Cc3ccccc3S2)cc1. The molecular weight excluding hydrogens is 370 g/mol. The van der Waals surface area contributed by atoms with E-state index >= 15 is 0 Å². The molecule has 0 saturated carbocycles. The molecule has 1 aliphatic rings. The van der Waals surface area contributed by atoms with Crippen molar-refractivity contribution in [2.75, 3.05) is 16.0 Å². The van der Waals surface area contributed by atoms with Gasteiger partial charge in [-0.1, -0.05) is 36.4 Å². The normalized spacial score (nSPS) is 14.8. The average Bonchev–Trinajstić information content (AvgIpc) is 3.15. The predicted octanol–water partition coefficient (Wildman–Crippen LogP) is 4.99. The molecule has 5 nitrogen and oxygen atoms in total. The molecule has 3 amide bonds. The molecule has 140 valence electrons. The van der Waals surface area contributed by atoms with Gasteiger partial charge < -0.3 is 16.0 Å². The number of hydrogen-bond donors (Lipinski definition) is 3. The number of nitrogens with one attached hydrogen (secondary N) is 3. The van der Waals surface area contributed by atoms with Gasteiger partial charge in [-0.25, -0.2) is 4.79 Å². The molecule has 3 aromatic rings. The van der Waals surface area contributed by atoms with Gasteiger partial charge in [0.15, 0.2) is 0 Å². The van der Waals surface area contributed by atoms with E-state index in [0.717, 1.165) is 12.1 Å². The van der Waals surface area contributed by atoms with Crippen molar-refractivity contribution in [2.24, 2.45) is 0 Å². The summed E-state index contributed by atoms with van der Waals surface area (Å²) in [6.07, 6.45) is 0.742. The number of anilines is 3. The summed E-state index contributed by atoms with van der Waals surface area (Å²) in [4.78, 5) is 25.7. The van der Waals surface area contributed by atoms with Crippen molar-refractivity contribution in [3.63, 3.8) is 0 Å². The van der Waals surface area contributed by atoms with Crippen LogP contribution in [0.1, 0.15) is 5.56 Å². The Morgan fingerprint density at radius 1 is 0.714 bits per heavy atom. The molecule has 3 N–H and O–H groups in total. The number of carbonyl (C=O) groups is 2. The Bertz CT molecular complexity index is 965. The van der Waals surface area contributed by atoms with E-state index in [-0.39, 0.29) is 17.2 Å². The lowest BCUT2D eigenvalue weighted by Crippen LogP contribution is -2.24. The second-order valence-electron chi connectivity index (χ2n) is 6.43. The first kappa shape index (κ1) is 18.1. The zero-order valence-electron chi connectivity index (χ0n) is 15.0. The van der Waals surface area contributed by atoms with Crippen LogP contribution in [0.25, 0.3) is 0 Å². The largest absolute Gasteiger partial charge is 0.325 e. The van der Waals surface area contributed by atoms with Crippen LogP contribution >= 0.6 is 11.8 Å². The van der Waals surface area contributed by atoms with E-state index in [2.05, 4.69) is 22.0 Å². The molecule has 1 atom stereocenters. The monoisotopic (exact) mass is 389 g/mol. The first-order chi connectivity index (χ1) is 13.7. The Morgan fingerprint density at radius 3 is 1.96 bits per heavy atom. The number of hydrogen-bond acceptors (Lipinski definition) is 3. The fourth-order valence-corrected chi connectivity index (χ4v) is 4.20. The van der Waals surface area contributed by atoms with Crippen LogP contribution in [0.2, 0.25) is 0 Å². The third-order valence-corrected chi connectivity index (χ3v) is 5.70. The molecular formula is C22H19N3O2S. The Hall–Kier alpha value is -3.25. The summed E-state index contributed by atoms with van der Waals surface area (Å²) in [5.41, 5.74) is 3.29. The van der Waals surface area contributed by atoms with Crippen LogP contribution in [0.4, 0.5) is 21.9 Å². The number of rotatable bonds is 4. The Kier molecular flexibility index (Phi) is 5.30. The maximum absolute atomic E-state index is 12.5. The van der Waals surface area contributed by atoms with Gasteiger partial charge >= 0.3 is 6.03 Å². The number of para-hydroxylation sites is 1. The maximum Gasteiger partial charge on any atom is 0.323 e. The Morgan fingerprint density at radius 2 is 1.29 bits per heavy atom. The molecule has 1 unspecified atom stereocenters. The summed E-state index contributed by atoms with van der Waals surface area (Å²) < 4.78 is 0. The van der Waals surface area contributed by atoms with Gasteiger partial charge in [0.05, 0.1) is 5.25 Å². The minimum atomic E-state index is -0.317. The molecule has 6 heteroatoms. The third-order valence-electron chi connectivity index (χ3n) is 4.38. The summed E-state index contributed by atoms with van der Waals surface area (Å²) in [6.45, 7) is 0. The van der Waals surface area contributed by atoms with Gasteiger partial charge in [-0.2, -0.15) is 0 Å². The van der Waals surface area contributed by atoms with Crippen LogP contribution in [-0.2, 0) is 11.2 Å². The standard InChI is InChI=1S/C22H19N3O2S/c26-21(20-14-15-6-4-5-9-19(15)28-20)23-17-10-12-18(13-11-17)25-22(27)24-16-7-2-1-3-8-16/h1-13,20H,14H2,(H,23,26)(H2,24,25,27). The smallest absolute Gasteiger partial charge is 0.323 e. The number of thioether (sulfide) groups is 1. The van der Waals surface area contributed by atoms with E-state index in [1.54, 1.807) is 36.0 Å². The fraction of sp³-hybridized carbons (Fsp3) is 0.0909. The lowest BCUT2D eigenvalue weighted by Gasteiger charge is -2.11. The molecule has 1 heterocycles. The second-order valence-corrected chi connectivity index (χ2v) is 7.67. The van der Waals surface area contributed by atoms with Crippen LogP contribution < -0.4 is 16.0 Å². The van der Waals surface area contributed by atoms with Gasteiger partial charge in [-0.05, 0) is 54.4 Å². The molecule has 0 aliphatic carbocycles. The van der Waals surface area contributed by atoms with Gasteiger partial charge in [-0.15, -0.1) is 11.8 Å². The zero-order chi connectivity index (χ0) is 19.3. The highest BCUT2D eigenvalue weighted by Crippen LogP contribution is 2.37. The maximum atomic E-state index is 12.5. The van der Waals surface area contributed by atoms with E-state index in [0.29, 0.717) is 11.4 Å². The molecule has 28 heavy (non-hydrogen) atoms.